The standard InChI is InChI=1S/C21H18FN3O4/c22-15-5-3-14(4-6-15)21-23-18(29-24-21)11-12-20(27)28-17-9-7-16(8-10-17)25-13-1-2-19(25)26/h3-10H,1-2,11-13H2. The van der Waals surface area contributed by atoms with Crippen molar-refractivity contribution in [2.75, 3.05) is 11.4 Å². The van der Waals surface area contributed by atoms with E-state index in [0.29, 0.717) is 36.0 Å². The third kappa shape index (κ3) is 4.48. The molecular weight excluding hydrogens is 377 g/mol. The molecule has 1 aromatic heterocycles. The molecule has 1 fully saturated rings. The van der Waals surface area contributed by atoms with Crippen molar-refractivity contribution in [3.63, 3.8) is 0 Å². The molecule has 0 aliphatic carbocycles. The highest BCUT2D eigenvalue weighted by molar-refractivity contribution is 5.95. The van der Waals surface area contributed by atoms with Crippen LogP contribution in [0.15, 0.2) is 53.1 Å². The highest BCUT2D eigenvalue weighted by Crippen LogP contribution is 2.24. The smallest absolute Gasteiger partial charge is 0.311 e. The van der Waals surface area contributed by atoms with Gasteiger partial charge in [0.15, 0.2) is 0 Å². The van der Waals surface area contributed by atoms with Gasteiger partial charge in [-0.15, -0.1) is 0 Å². The van der Waals surface area contributed by atoms with Crippen LogP contribution in [0.5, 0.6) is 5.75 Å². The molecule has 0 spiro atoms. The van der Waals surface area contributed by atoms with Crippen molar-refractivity contribution in [3.8, 4) is 17.1 Å². The van der Waals surface area contributed by atoms with Gasteiger partial charge in [0.1, 0.15) is 11.6 Å². The number of aryl methyl sites for hydroxylation is 1. The van der Waals surface area contributed by atoms with E-state index in [4.69, 9.17) is 9.26 Å². The summed E-state index contributed by atoms with van der Waals surface area (Å²) in [5, 5.41) is 3.84. The van der Waals surface area contributed by atoms with E-state index in [1.54, 1.807) is 41.3 Å². The lowest BCUT2D eigenvalue weighted by atomic mass is 10.2. The van der Waals surface area contributed by atoms with Gasteiger partial charge in [-0.05, 0) is 55.0 Å². The second-order valence-corrected chi connectivity index (χ2v) is 6.64. The Hall–Kier alpha value is -3.55. The van der Waals surface area contributed by atoms with Crippen LogP contribution in [0.2, 0.25) is 0 Å². The Morgan fingerprint density at radius 1 is 1.14 bits per heavy atom. The van der Waals surface area contributed by atoms with E-state index in [9.17, 15) is 14.0 Å². The maximum Gasteiger partial charge on any atom is 0.311 e. The topological polar surface area (TPSA) is 85.5 Å². The van der Waals surface area contributed by atoms with E-state index in [1.807, 2.05) is 0 Å². The minimum Gasteiger partial charge on any atom is -0.427 e. The Kier molecular flexibility index (Phi) is 5.33. The van der Waals surface area contributed by atoms with Crippen molar-refractivity contribution < 1.29 is 23.2 Å². The molecule has 0 bridgehead atoms. The molecule has 3 aromatic rings. The molecule has 0 N–H and O–H groups in total. The van der Waals surface area contributed by atoms with Crippen molar-refractivity contribution in [3.05, 3.63) is 60.2 Å². The highest BCUT2D eigenvalue weighted by Gasteiger charge is 2.21. The first-order valence-electron chi connectivity index (χ1n) is 9.28. The van der Waals surface area contributed by atoms with Gasteiger partial charge in [-0.2, -0.15) is 4.98 Å². The van der Waals surface area contributed by atoms with E-state index in [0.717, 1.165) is 12.1 Å². The molecule has 2 heterocycles. The summed E-state index contributed by atoms with van der Waals surface area (Å²) in [5.74, 6) is 0.360. The van der Waals surface area contributed by atoms with Gasteiger partial charge in [0.25, 0.3) is 0 Å². The first-order valence-corrected chi connectivity index (χ1v) is 9.28. The van der Waals surface area contributed by atoms with Gasteiger partial charge in [0, 0.05) is 30.6 Å². The molecule has 1 aliphatic rings. The maximum atomic E-state index is 13.0. The van der Waals surface area contributed by atoms with Gasteiger partial charge in [-0.3, -0.25) is 9.59 Å². The molecule has 148 valence electrons. The predicted molar refractivity (Wildman–Crippen MR) is 102 cm³/mol. The normalized spacial score (nSPS) is 13.7. The van der Waals surface area contributed by atoms with Gasteiger partial charge < -0.3 is 14.2 Å². The number of aromatic nitrogens is 2. The van der Waals surface area contributed by atoms with Gasteiger partial charge >= 0.3 is 5.97 Å². The minimum atomic E-state index is -0.434. The molecule has 29 heavy (non-hydrogen) atoms. The second-order valence-electron chi connectivity index (χ2n) is 6.64. The largest absolute Gasteiger partial charge is 0.427 e. The van der Waals surface area contributed by atoms with Crippen LogP contribution in [0.1, 0.15) is 25.2 Å². The first-order chi connectivity index (χ1) is 14.1. The van der Waals surface area contributed by atoms with Crippen LogP contribution in [0.25, 0.3) is 11.4 Å². The van der Waals surface area contributed by atoms with Gasteiger partial charge in [-0.25, -0.2) is 4.39 Å². The van der Waals surface area contributed by atoms with Gasteiger partial charge in [0.05, 0.1) is 6.42 Å². The molecule has 2 aromatic carbocycles. The number of hydrogen-bond acceptors (Lipinski definition) is 6. The molecule has 1 amide bonds. The van der Waals surface area contributed by atoms with Crippen molar-refractivity contribution >= 4 is 17.6 Å². The molecular formula is C21H18FN3O4. The van der Waals surface area contributed by atoms with Crippen LogP contribution in [-0.4, -0.2) is 28.6 Å². The average Bonchev–Trinajstić information content (AvgIpc) is 3.37. The quantitative estimate of drug-likeness (QED) is 0.469. The number of ether oxygens (including phenoxy) is 1. The number of hydrogen-bond donors (Lipinski definition) is 0. The van der Waals surface area contributed by atoms with E-state index in [2.05, 4.69) is 10.1 Å². The van der Waals surface area contributed by atoms with Crippen LogP contribution in [-0.2, 0) is 16.0 Å². The van der Waals surface area contributed by atoms with Crippen molar-refractivity contribution in [1.82, 2.24) is 10.1 Å². The van der Waals surface area contributed by atoms with Gasteiger partial charge in [0.2, 0.25) is 17.6 Å². The summed E-state index contributed by atoms with van der Waals surface area (Å²) in [6, 6.07) is 12.6. The fourth-order valence-corrected chi connectivity index (χ4v) is 3.08. The summed E-state index contributed by atoms with van der Waals surface area (Å²) in [4.78, 5) is 29.8. The first kappa shape index (κ1) is 18.8. The van der Waals surface area contributed by atoms with E-state index < -0.39 is 5.97 Å². The Morgan fingerprint density at radius 3 is 2.59 bits per heavy atom. The average molecular weight is 395 g/mol. The van der Waals surface area contributed by atoms with Crippen LogP contribution < -0.4 is 9.64 Å². The molecule has 0 atom stereocenters. The van der Waals surface area contributed by atoms with Crippen LogP contribution in [0.4, 0.5) is 10.1 Å². The Bertz CT molecular complexity index is 1020. The highest BCUT2D eigenvalue weighted by atomic mass is 19.1. The van der Waals surface area contributed by atoms with Gasteiger partial charge in [-0.1, -0.05) is 5.16 Å². The molecule has 1 aliphatic heterocycles. The molecule has 1 saturated heterocycles. The number of nitrogens with zero attached hydrogens (tertiary/aromatic N) is 3. The second kappa shape index (κ2) is 8.22. The lowest BCUT2D eigenvalue weighted by Gasteiger charge is -2.15. The molecule has 8 heteroatoms. The number of carbonyl (C=O) groups excluding carboxylic acids is 2. The zero-order chi connectivity index (χ0) is 20.2. The maximum absolute atomic E-state index is 13.0. The zero-order valence-corrected chi connectivity index (χ0v) is 15.5. The summed E-state index contributed by atoms with van der Waals surface area (Å²) in [6.45, 7) is 0.710. The fourth-order valence-electron chi connectivity index (χ4n) is 3.08. The van der Waals surface area contributed by atoms with Crippen LogP contribution >= 0.6 is 0 Å². The number of anilines is 1. The Labute approximate surface area is 166 Å². The molecule has 0 saturated carbocycles. The van der Waals surface area contributed by atoms with Crippen LogP contribution in [0.3, 0.4) is 0 Å². The number of rotatable bonds is 6. The summed E-state index contributed by atoms with van der Waals surface area (Å²) in [5.41, 5.74) is 1.42. The number of amides is 1. The Balaban J connectivity index is 1.30. The fraction of sp³-hybridized carbons (Fsp3) is 0.238. The molecule has 7 nitrogen and oxygen atoms in total. The van der Waals surface area contributed by atoms with Crippen molar-refractivity contribution in [2.45, 2.75) is 25.7 Å². The monoisotopic (exact) mass is 395 g/mol. The Morgan fingerprint density at radius 2 is 1.90 bits per heavy atom. The van der Waals surface area contributed by atoms with E-state index in [-0.39, 0.29) is 24.6 Å². The summed E-state index contributed by atoms with van der Waals surface area (Å²) >= 11 is 0. The SMILES string of the molecule is O=C(CCc1nc(-c2ccc(F)cc2)no1)Oc1ccc(N2CCCC2=O)cc1. The molecule has 4 rings (SSSR count). The third-order valence-corrected chi connectivity index (χ3v) is 4.57. The summed E-state index contributed by atoms with van der Waals surface area (Å²) in [6.07, 6.45) is 1.72. The number of benzene rings is 2. The van der Waals surface area contributed by atoms with Crippen LogP contribution in [0, 0.1) is 5.82 Å². The molecule has 0 radical (unpaired) electrons. The van der Waals surface area contributed by atoms with Crippen molar-refractivity contribution in [2.24, 2.45) is 0 Å². The zero-order valence-electron chi connectivity index (χ0n) is 15.5. The summed E-state index contributed by atoms with van der Waals surface area (Å²) in [7, 11) is 0. The number of carbonyl (C=O) groups is 2. The minimum absolute atomic E-state index is 0.0669. The van der Waals surface area contributed by atoms with E-state index >= 15 is 0 Å². The number of halogens is 1. The lowest BCUT2D eigenvalue weighted by molar-refractivity contribution is -0.134. The van der Waals surface area contributed by atoms with Crippen molar-refractivity contribution in [1.29, 1.82) is 0 Å². The summed E-state index contributed by atoms with van der Waals surface area (Å²) < 4.78 is 23.4. The predicted octanol–water partition coefficient (Wildman–Crippen LogP) is 3.54. The molecule has 0 unspecified atom stereocenters. The number of esters is 1. The lowest BCUT2D eigenvalue weighted by Crippen LogP contribution is -2.23. The van der Waals surface area contributed by atoms with E-state index in [1.165, 1.54) is 12.1 Å². The third-order valence-electron chi connectivity index (χ3n) is 4.57.